The van der Waals surface area contributed by atoms with E-state index in [4.69, 9.17) is 0 Å². The van der Waals surface area contributed by atoms with E-state index in [0.29, 0.717) is 18.9 Å². The number of anilines is 1. The Morgan fingerprint density at radius 2 is 2.05 bits per heavy atom. The van der Waals surface area contributed by atoms with Gasteiger partial charge < -0.3 is 10.2 Å². The molecule has 0 saturated carbocycles. The van der Waals surface area contributed by atoms with Crippen molar-refractivity contribution in [2.24, 2.45) is 20.0 Å². The van der Waals surface area contributed by atoms with Crippen LogP contribution in [0.1, 0.15) is 19.8 Å². The molecule has 1 atom stereocenters. The Bertz CT molecular complexity index is 647. The number of rotatable bonds is 3. The molecule has 7 nitrogen and oxygen atoms in total. The summed E-state index contributed by atoms with van der Waals surface area (Å²) in [6, 6.07) is 1.46. The molecule has 1 aliphatic heterocycles. The molecular formula is C14H22N4O3. The van der Waals surface area contributed by atoms with Gasteiger partial charge in [0.05, 0.1) is 5.92 Å². The van der Waals surface area contributed by atoms with Crippen LogP contribution in [0.15, 0.2) is 15.7 Å². The first-order valence-corrected chi connectivity index (χ1v) is 7.25. The van der Waals surface area contributed by atoms with Crippen LogP contribution in [0.2, 0.25) is 0 Å². The number of piperidine rings is 1. The third-order valence-electron chi connectivity index (χ3n) is 3.97. The number of nitrogens with zero attached hydrogens (tertiary/aromatic N) is 3. The Morgan fingerprint density at radius 3 is 2.71 bits per heavy atom. The molecule has 0 aliphatic carbocycles. The minimum absolute atomic E-state index is 0.0380. The second-order valence-electron chi connectivity index (χ2n) is 5.42. The number of hydrogen-bond donors (Lipinski definition) is 1. The molecule has 1 N–H and O–H groups in total. The van der Waals surface area contributed by atoms with Crippen molar-refractivity contribution in [1.82, 2.24) is 14.5 Å². The zero-order valence-corrected chi connectivity index (χ0v) is 12.8. The molecule has 0 radical (unpaired) electrons. The minimum atomic E-state index is -0.349. The SMILES string of the molecule is CCNC(=O)[C@H]1CCCN(c2cc(=O)n(C)c(=O)n2C)C1. The molecule has 21 heavy (non-hydrogen) atoms. The van der Waals surface area contributed by atoms with E-state index < -0.39 is 0 Å². The predicted octanol–water partition coefficient (Wildman–Crippen LogP) is -0.563. The first-order chi connectivity index (χ1) is 9.95. The number of nitrogens with one attached hydrogen (secondary N) is 1. The summed E-state index contributed by atoms with van der Waals surface area (Å²) in [5.41, 5.74) is -0.675. The molecule has 1 fully saturated rings. The van der Waals surface area contributed by atoms with E-state index in [1.54, 1.807) is 7.05 Å². The largest absolute Gasteiger partial charge is 0.357 e. The fraction of sp³-hybridized carbons (Fsp3) is 0.643. The second-order valence-corrected chi connectivity index (χ2v) is 5.42. The van der Waals surface area contributed by atoms with Crippen molar-refractivity contribution in [3.63, 3.8) is 0 Å². The van der Waals surface area contributed by atoms with Crippen LogP contribution in [0.5, 0.6) is 0 Å². The highest BCUT2D eigenvalue weighted by atomic mass is 16.2. The Balaban J connectivity index is 2.28. The van der Waals surface area contributed by atoms with Gasteiger partial charge in [-0.2, -0.15) is 0 Å². The number of hydrogen-bond acceptors (Lipinski definition) is 4. The number of aromatic nitrogens is 2. The Kier molecular flexibility index (Phi) is 4.50. The van der Waals surface area contributed by atoms with Crippen molar-refractivity contribution < 1.29 is 4.79 Å². The van der Waals surface area contributed by atoms with E-state index in [1.807, 2.05) is 11.8 Å². The van der Waals surface area contributed by atoms with Crippen molar-refractivity contribution in [2.45, 2.75) is 19.8 Å². The first kappa shape index (κ1) is 15.3. The van der Waals surface area contributed by atoms with Gasteiger partial charge in [0.1, 0.15) is 5.82 Å². The Hall–Kier alpha value is -2.05. The van der Waals surface area contributed by atoms with Gasteiger partial charge in [0.2, 0.25) is 5.91 Å². The van der Waals surface area contributed by atoms with E-state index in [1.165, 1.54) is 17.7 Å². The van der Waals surface area contributed by atoms with E-state index in [0.717, 1.165) is 24.0 Å². The van der Waals surface area contributed by atoms with Gasteiger partial charge >= 0.3 is 5.69 Å². The van der Waals surface area contributed by atoms with Crippen LogP contribution in [0, 0.1) is 5.92 Å². The average Bonchev–Trinajstić information content (AvgIpc) is 2.49. The minimum Gasteiger partial charge on any atom is -0.357 e. The van der Waals surface area contributed by atoms with Crippen molar-refractivity contribution >= 4 is 11.7 Å². The van der Waals surface area contributed by atoms with E-state index >= 15 is 0 Å². The summed E-state index contributed by atoms with van der Waals surface area (Å²) in [5, 5.41) is 2.83. The first-order valence-electron chi connectivity index (χ1n) is 7.25. The zero-order valence-electron chi connectivity index (χ0n) is 12.8. The molecule has 7 heteroatoms. The molecule has 1 aromatic rings. The van der Waals surface area contributed by atoms with Crippen molar-refractivity contribution in [3.8, 4) is 0 Å². The third-order valence-corrected chi connectivity index (χ3v) is 3.97. The molecule has 1 amide bonds. The Labute approximate surface area is 123 Å². The quantitative estimate of drug-likeness (QED) is 0.810. The molecule has 1 saturated heterocycles. The van der Waals surface area contributed by atoms with Crippen molar-refractivity contribution in [1.29, 1.82) is 0 Å². The zero-order chi connectivity index (χ0) is 15.6. The van der Waals surface area contributed by atoms with Crippen LogP contribution < -0.4 is 21.5 Å². The lowest BCUT2D eigenvalue weighted by Gasteiger charge is -2.34. The monoisotopic (exact) mass is 294 g/mol. The maximum atomic E-state index is 12.0. The normalized spacial score (nSPS) is 18.6. The van der Waals surface area contributed by atoms with Gasteiger partial charge in [0, 0.05) is 39.8 Å². The highest BCUT2D eigenvalue weighted by Gasteiger charge is 2.27. The van der Waals surface area contributed by atoms with Gasteiger partial charge in [-0.05, 0) is 19.8 Å². The summed E-state index contributed by atoms with van der Waals surface area (Å²) in [6.45, 7) is 3.78. The third kappa shape index (κ3) is 3.01. The van der Waals surface area contributed by atoms with Gasteiger partial charge in [-0.25, -0.2) is 4.79 Å². The molecule has 2 rings (SSSR count). The summed E-state index contributed by atoms with van der Waals surface area (Å²) in [5.74, 6) is 0.519. The maximum absolute atomic E-state index is 12.0. The van der Waals surface area contributed by atoms with Gasteiger partial charge in [-0.15, -0.1) is 0 Å². The smallest absolute Gasteiger partial charge is 0.332 e. The summed E-state index contributed by atoms with van der Waals surface area (Å²) >= 11 is 0. The molecule has 0 unspecified atom stereocenters. The lowest BCUT2D eigenvalue weighted by Crippen LogP contribution is -2.46. The van der Waals surface area contributed by atoms with Crippen LogP contribution in [-0.2, 0) is 18.9 Å². The lowest BCUT2D eigenvalue weighted by molar-refractivity contribution is -0.125. The standard InChI is InChI=1S/C14H22N4O3/c1-4-15-13(20)10-6-5-7-18(9-10)11-8-12(19)17(3)14(21)16(11)2/h8,10H,4-7,9H2,1-3H3,(H,15,20)/t10-/m0/s1. The molecule has 2 heterocycles. The fourth-order valence-corrected chi connectivity index (χ4v) is 2.74. The molecule has 1 aliphatic rings. The molecule has 0 bridgehead atoms. The van der Waals surface area contributed by atoms with Crippen molar-refractivity contribution in [3.05, 3.63) is 26.9 Å². The van der Waals surface area contributed by atoms with Crippen LogP contribution >= 0.6 is 0 Å². The molecule has 1 aromatic heterocycles. The number of carbonyl (C=O) groups is 1. The summed E-state index contributed by atoms with van der Waals surface area (Å²) in [7, 11) is 3.11. The molecule has 116 valence electrons. The van der Waals surface area contributed by atoms with Crippen LogP contribution in [-0.4, -0.2) is 34.7 Å². The Morgan fingerprint density at radius 1 is 1.33 bits per heavy atom. The van der Waals surface area contributed by atoms with E-state index in [9.17, 15) is 14.4 Å². The van der Waals surface area contributed by atoms with E-state index in [-0.39, 0.29) is 23.1 Å². The molecule has 0 spiro atoms. The van der Waals surface area contributed by atoms with Gasteiger partial charge in [-0.3, -0.25) is 18.7 Å². The van der Waals surface area contributed by atoms with Crippen LogP contribution in [0.3, 0.4) is 0 Å². The highest BCUT2D eigenvalue weighted by Crippen LogP contribution is 2.21. The summed E-state index contributed by atoms with van der Waals surface area (Å²) in [4.78, 5) is 37.7. The predicted molar refractivity (Wildman–Crippen MR) is 80.5 cm³/mol. The van der Waals surface area contributed by atoms with Gasteiger partial charge in [-0.1, -0.05) is 0 Å². The fourth-order valence-electron chi connectivity index (χ4n) is 2.74. The van der Waals surface area contributed by atoms with E-state index in [2.05, 4.69) is 5.32 Å². The lowest BCUT2D eigenvalue weighted by atomic mass is 9.97. The summed E-state index contributed by atoms with van der Waals surface area (Å²) < 4.78 is 2.54. The van der Waals surface area contributed by atoms with Gasteiger partial charge in [0.15, 0.2) is 0 Å². The molecule has 0 aromatic carbocycles. The number of carbonyl (C=O) groups excluding carboxylic acids is 1. The van der Waals surface area contributed by atoms with Crippen LogP contribution in [0.25, 0.3) is 0 Å². The van der Waals surface area contributed by atoms with Gasteiger partial charge in [0.25, 0.3) is 5.56 Å². The van der Waals surface area contributed by atoms with Crippen LogP contribution in [0.4, 0.5) is 5.82 Å². The molecular weight excluding hydrogens is 272 g/mol. The summed E-state index contributed by atoms with van der Waals surface area (Å²) in [6.07, 6.45) is 1.70. The number of amides is 1. The van der Waals surface area contributed by atoms with Crippen molar-refractivity contribution in [2.75, 3.05) is 24.5 Å². The second kappa shape index (κ2) is 6.15. The highest BCUT2D eigenvalue weighted by molar-refractivity contribution is 5.79. The maximum Gasteiger partial charge on any atom is 0.332 e. The average molecular weight is 294 g/mol. The topological polar surface area (TPSA) is 76.3 Å².